The molecule has 0 saturated carbocycles. The van der Waals surface area contributed by atoms with Crippen molar-refractivity contribution in [2.45, 2.75) is 25.0 Å². The van der Waals surface area contributed by atoms with Crippen molar-refractivity contribution in [1.82, 2.24) is 5.32 Å². The van der Waals surface area contributed by atoms with Gasteiger partial charge in [0.25, 0.3) is 0 Å². The standard InChI is InChI=1S/C13H17BrFNOS/c1-9(10-2-3-12(15)11(14)6-10)16-7-13(17)4-5-18-8-13/h2-3,6,9,16-17H,4-5,7-8H2,1H3. The van der Waals surface area contributed by atoms with Gasteiger partial charge in [-0.25, -0.2) is 4.39 Å². The second-order valence-corrected chi connectivity index (χ2v) is 6.76. The van der Waals surface area contributed by atoms with E-state index in [4.69, 9.17) is 0 Å². The van der Waals surface area contributed by atoms with Crippen molar-refractivity contribution in [3.63, 3.8) is 0 Å². The summed E-state index contributed by atoms with van der Waals surface area (Å²) in [6, 6.07) is 5.10. The molecule has 2 atom stereocenters. The molecule has 0 aromatic heterocycles. The summed E-state index contributed by atoms with van der Waals surface area (Å²) in [7, 11) is 0. The van der Waals surface area contributed by atoms with Gasteiger partial charge in [-0.2, -0.15) is 11.8 Å². The number of hydrogen-bond acceptors (Lipinski definition) is 3. The Balaban J connectivity index is 1.94. The molecule has 18 heavy (non-hydrogen) atoms. The average Bonchev–Trinajstić information content (AvgIpc) is 2.77. The van der Waals surface area contributed by atoms with E-state index in [9.17, 15) is 9.50 Å². The van der Waals surface area contributed by atoms with Crippen molar-refractivity contribution < 1.29 is 9.50 Å². The van der Waals surface area contributed by atoms with Crippen LogP contribution in [0.4, 0.5) is 4.39 Å². The van der Waals surface area contributed by atoms with Crippen LogP contribution in [0.3, 0.4) is 0 Å². The molecule has 5 heteroatoms. The molecule has 1 saturated heterocycles. The van der Waals surface area contributed by atoms with Crippen LogP contribution in [-0.2, 0) is 0 Å². The Hall–Kier alpha value is -0.100. The fourth-order valence-corrected chi connectivity index (χ4v) is 3.67. The molecule has 1 aromatic carbocycles. The van der Waals surface area contributed by atoms with E-state index in [-0.39, 0.29) is 11.9 Å². The first-order valence-electron chi connectivity index (χ1n) is 5.99. The lowest BCUT2D eigenvalue weighted by Gasteiger charge is -2.24. The van der Waals surface area contributed by atoms with Gasteiger partial charge in [0.2, 0.25) is 0 Å². The van der Waals surface area contributed by atoms with Crippen molar-refractivity contribution in [1.29, 1.82) is 0 Å². The van der Waals surface area contributed by atoms with E-state index < -0.39 is 5.60 Å². The highest BCUT2D eigenvalue weighted by molar-refractivity contribution is 9.10. The maximum atomic E-state index is 13.1. The van der Waals surface area contributed by atoms with E-state index >= 15 is 0 Å². The smallest absolute Gasteiger partial charge is 0.137 e. The Kier molecular flexibility index (Phi) is 4.69. The van der Waals surface area contributed by atoms with Gasteiger partial charge in [0.1, 0.15) is 5.82 Å². The molecular weight excluding hydrogens is 317 g/mol. The van der Waals surface area contributed by atoms with Gasteiger partial charge in [0.05, 0.1) is 10.1 Å². The predicted molar refractivity (Wildman–Crippen MR) is 77.4 cm³/mol. The molecule has 1 aliphatic heterocycles. The van der Waals surface area contributed by atoms with Crippen LogP contribution >= 0.6 is 27.7 Å². The Morgan fingerprint density at radius 3 is 3.00 bits per heavy atom. The normalized spacial score (nSPS) is 25.3. The van der Waals surface area contributed by atoms with Crippen LogP contribution in [0.2, 0.25) is 0 Å². The SMILES string of the molecule is CC(NCC1(O)CCSC1)c1ccc(F)c(Br)c1. The number of rotatable bonds is 4. The number of benzene rings is 1. The maximum absolute atomic E-state index is 13.1. The number of thioether (sulfide) groups is 1. The van der Waals surface area contributed by atoms with Gasteiger partial charge in [-0.1, -0.05) is 6.07 Å². The highest BCUT2D eigenvalue weighted by Crippen LogP contribution is 2.28. The molecular formula is C13H17BrFNOS. The first-order valence-corrected chi connectivity index (χ1v) is 7.93. The van der Waals surface area contributed by atoms with E-state index in [0.717, 1.165) is 23.5 Å². The van der Waals surface area contributed by atoms with Crippen molar-refractivity contribution >= 4 is 27.7 Å². The third-order valence-corrected chi connectivity index (χ3v) is 5.11. The fourth-order valence-electron chi connectivity index (χ4n) is 1.98. The number of halogens is 2. The summed E-state index contributed by atoms with van der Waals surface area (Å²) in [6.07, 6.45) is 0.838. The summed E-state index contributed by atoms with van der Waals surface area (Å²) < 4.78 is 13.6. The zero-order valence-corrected chi connectivity index (χ0v) is 12.7. The fraction of sp³-hybridized carbons (Fsp3) is 0.538. The quantitative estimate of drug-likeness (QED) is 0.887. The van der Waals surface area contributed by atoms with Crippen LogP contribution in [0.5, 0.6) is 0 Å². The minimum Gasteiger partial charge on any atom is -0.388 e. The molecule has 2 unspecified atom stereocenters. The van der Waals surface area contributed by atoms with Crippen LogP contribution in [0, 0.1) is 5.82 Å². The molecule has 0 aliphatic carbocycles. The Morgan fingerprint density at radius 2 is 2.39 bits per heavy atom. The van der Waals surface area contributed by atoms with Crippen LogP contribution in [0.1, 0.15) is 24.9 Å². The van der Waals surface area contributed by atoms with Gasteiger partial charge in [-0.15, -0.1) is 0 Å². The van der Waals surface area contributed by atoms with E-state index in [2.05, 4.69) is 21.2 Å². The molecule has 2 rings (SSSR count). The molecule has 0 spiro atoms. The molecule has 0 bridgehead atoms. The summed E-state index contributed by atoms with van der Waals surface area (Å²) in [5, 5.41) is 13.6. The van der Waals surface area contributed by atoms with E-state index in [1.54, 1.807) is 23.9 Å². The van der Waals surface area contributed by atoms with Gasteiger partial charge in [-0.3, -0.25) is 0 Å². The van der Waals surface area contributed by atoms with Crippen molar-refractivity contribution in [2.75, 3.05) is 18.1 Å². The lowest BCUT2D eigenvalue weighted by molar-refractivity contribution is 0.0651. The minimum absolute atomic E-state index is 0.0940. The molecule has 100 valence electrons. The topological polar surface area (TPSA) is 32.3 Å². The van der Waals surface area contributed by atoms with Gasteiger partial charge < -0.3 is 10.4 Å². The first kappa shape index (κ1) is 14.3. The molecule has 2 N–H and O–H groups in total. The van der Waals surface area contributed by atoms with Crippen LogP contribution < -0.4 is 5.32 Å². The monoisotopic (exact) mass is 333 g/mol. The molecule has 1 fully saturated rings. The van der Waals surface area contributed by atoms with Crippen LogP contribution in [0.15, 0.2) is 22.7 Å². The van der Waals surface area contributed by atoms with Gasteiger partial charge >= 0.3 is 0 Å². The lowest BCUT2D eigenvalue weighted by atomic mass is 10.0. The predicted octanol–water partition coefficient (Wildman–Crippen LogP) is 3.11. The summed E-state index contributed by atoms with van der Waals surface area (Å²) in [5.74, 6) is 1.56. The summed E-state index contributed by atoms with van der Waals surface area (Å²) in [4.78, 5) is 0. The van der Waals surface area contributed by atoms with Crippen molar-refractivity contribution in [2.24, 2.45) is 0 Å². The average molecular weight is 334 g/mol. The zero-order valence-electron chi connectivity index (χ0n) is 10.2. The molecule has 1 aliphatic rings. The maximum Gasteiger partial charge on any atom is 0.137 e. The van der Waals surface area contributed by atoms with E-state index in [1.165, 1.54) is 6.07 Å². The highest BCUT2D eigenvalue weighted by Gasteiger charge is 2.31. The molecule has 0 amide bonds. The van der Waals surface area contributed by atoms with Gasteiger partial charge in [0, 0.05) is 18.3 Å². The molecule has 1 heterocycles. The first-order chi connectivity index (χ1) is 8.50. The largest absolute Gasteiger partial charge is 0.388 e. The zero-order chi connectivity index (χ0) is 13.2. The Bertz CT molecular complexity index is 423. The third kappa shape index (κ3) is 3.47. The Morgan fingerprint density at radius 1 is 1.61 bits per heavy atom. The molecule has 2 nitrogen and oxygen atoms in total. The summed E-state index contributed by atoms with van der Waals surface area (Å²) >= 11 is 4.97. The van der Waals surface area contributed by atoms with Gasteiger partial charge in [-0.05, 0) is 52.7 Å². The summed E-state index contributed by atoms with van der Waals surface area (Å²) in [5.41, 5.74) is 0.424. The van der Waals surface area contributed by atoms with Crippen LogP contribution in [-0.4, -0.2) is 28.8 Å². The number of nitrogens with one attached hydrogen (secondary N) is 1. The molecule has 0 radical (unpaired) electrons. The van der Waals surface area contributed by atoms with E-state index in [1.807, 2.05) is 6.92 Å². The second kappa shape index (κ2) is 5.90. The van der Waals surface area contributed by atoms with E-state index in [0.29, 0.717) is 11.0 Å². The van der Waals surface area contributed by atoms with Crippen molar-refractivity contribution in [3.05, 3.63) is 34.1 Å². The third-order valence-electron chi connectivity index (χ3n) is 3.26. The molecule has 1 aromatic rings. The van der Waals surface area contributed by atoms with Crippen LogP contribution in [0.25, 0.3) is 0 Å². The minimum atomic E-state index is -0.587. The lowest BCUT2D eigenvalue weighted by Crippen LogP contribution is -2.41. The summed E-state index contributed by atoms with van der Waals surface area (Å²) in [6.45, 7) is 2.60. The number of aliphatic hydroxyl groups is 1. The van der Waals surface area contributed by atoms with Crippen molar-refractivity contribution in [3.8, 4) is 0 Å². The number of hydrogen-bond donors (Lipinski definition) is 2. The second-order valence-electron chi connectivity index (χ2n) is 4.80. The van der Waals surface area contributed by atoms with Gasteiger partial charge in [0.15, 0.2) is 0 Å². The highest BCUT2D eigenvalue weighted by atomic mass is 79.9. The Labute approximate surface area is 119 Å².